The molecule has 0 aromatic heterocycles. The number of benzene rings is 1. The Labute approximate surface area is 127 Å². The molecule has 4 heteroatoms. The Morgan fingerprint density at radius 1 is 1.21 bits per heavy atom. The van der Waals surface area contributed by atoms with Crippen molar-refractivity contribution in [1.82, 2.24) is 0 Å². The van der Waals surface area contributed by atoms with Crippen LogP contribution in [0, 0.1) is 0 Å². The first-order valence-corrected chi connectivity index (χ1v) is 9.55. The molecule has 0 spiro atoms. The second-order valence-corrected chi connectivity index (χ2v) is 6.67. The predicted octanol–water partition coefficient (Wildman–Crippen LogP) is 3.01. The zero-order valence-electron chi connectivity index (χ0n) is 11.8. The van der Waals surface area contributed by atoms with Gasteiger partial charge in [0.1, 0.15) is 0 Å². The van der Waals surface area contributed by atoms with Crippen molar-refractivity contribution in [3.8, 4) is 0 Å². The Bertz CT molecular complexity index is 362. The van der Waals surface area contributed by atoms with Gasteiger partial charge >= 0.3 is 127 Å². The standard InChI is InChI=1S/C15H22O2SSe/c1-4-16-15(17-5-2)11-13(18-3)12-19-14-9-7-6-8-10-14/h6-10,12,15H,4-5,11H2,1-3H3/b13-12-. The van der Waals surface area contributed by atoms with E-state index in [9.17, 15) is 0 Å². The van der Waals surface area contributed by atoms with E-state index < -0.39 is 0 Å². The molecule has 0 heterocycles. The monoisotopic (exact) mass is 346 g/mol. The summed E-state index contributed by atoms with van der Waals surface area (Å²) in [5, 5.41) is 0. The summed E-state index contributed by atoms with van der Waals surface area (Å²) in [5.41, 5.74) is 0. The van der Waals surface area contributed by atoms with Crippen molar-refractivity contribution in [2.75, 3.05) is 19.5 Å². The molecule has 0 atom stereocenters. The molecule has 0 aliphatic carbocycles. The van der Waals surface area contributed by atoms with Crippen LogP contribution in [0.2, 0.25) is 0 Å². The normalized spacial score (nSPS) is 12.1. The van der Waals surface area contributed by atoms with Crippen molar-refractivity contribution in [2.45, 2.75) is 26.6 Å². The van der Waals surface area contributed by atoms with Gasteiger partial charge in [-0.15, -0.1) is 0 Å². The third kappa shape index (κ3) is 7.19. The Balaban J connectivity index is 2.55. The summed E-state index contributed by atoms with van der Waals surface area (Å²) in [4.78, 5) is 3.67. The van der Waals surface area contributed by atoms with Crippen LogP contribution in [0.5, 0.6) is 0 Å². The molecular weight excluding hydrogens is 323 g/mol. The van der Waals surface area contributed by atoms with Crippen molar-refractivity contribution in [2.24, 2.45) is 0 Å². The number of thioether (sulfide) groups is 1. The third-order valence-electron chi connectivity index (χ3n) is 2.40. The zero-order chi connectivity index (χ0) is 13.9. The van der Waals surface area contributed by atoms with Gasteiger partial charge in [0.25, 0.3) is 0 Å². The average molecular weight is 345 g/mol. The van der Waals surface area contributed by atoms with E-state index in [1.807, 2.05) is 13.8 Å². The van der Waals surface area contributed by atoms with Crippen LogP contribution in [0.15, 0.2) is 40.2 Å². The first kappa shape index (κ1) is 16.8. The maximum absolute atomic E-state index is 5.60. The second kappa shape index (κ2) is 10.5. The van der Waals surface area contributed by atoms with Crippen molar-refractivity contribution < 1.29 is 9.47 Å². The summed E-state index contributed by atoms with van der Waals surface area (Å²) in [6.45, 7) is 5.39. The van der Waals surface area contributed by atoms with E-state index in [0.29, 0.717) is 28.2 Å². The summed E-state index contributed by atoms with van der Waals surface area (Å²) in [5.74, 6) is 0. The van der Waals surface area contributed by atoms with Gasteiger partial charge in [0, 0.05) is 0 Å². The minimum atomic E-state index is -0.111. The number of hydrogen-bond acceptors (Lipinski definition) is 3. The molecule has 0 fully saturated rings. The molecule has 19 heavy (non-hydrogen) atoms. The van der Waals surface area contributed by atoms with Gasteiger partial charge in [0.05, 0.1) is 0 Å². The Kier molecular flexibility index (Phi) is 9.31. The molecule has 0 N–H and O–H groups in total. The summed E-state index contributed by atoms with van der Waals surface area (Å²) in [7, 11) is 0. The van der Waals surface area contributed by atoms with E-state index in [2.05, 4.69) is 41.6 Å². The van der Waals surface area contributed by atoms with Gasteiger partial charge in [-0.05, 0) is 0 Å². The molecule has 0 amide bonds. The number of hydrogen-bond donors (Lipinski definition) is 0. The summed E-state index contributed by atoms with van der Waals surface area (Å²) >= 11 is 2.16. The molecule has 2 nitrogen and oxygen atoms in total. The number of ether oxygens (including phenoxy) is 2. The van der Waals surface area contributed by atoms with Crippen LogP contribution in [0.3, 0.4) is 0 Å². The maximum atomic E-state index is 5.60. The van der Waals surface area contributed by atoms with Crippen LogP contribution < -0.4 is 4.46 Å². The van der Waals surface area contributed by atoms with Crippen LogP contribution in [-0.4, -0.2) is 40.7 Å². The van der Waals surface area contributed by atoms with Gasteiger partial charge < -0.3 is 0 Å². The van der Waals surface area contributed by atoms with Crippen molar-refractivity contribution in [3.05, 3.63) is 40.2 Å². The zero-order valence-corrected chi connectivity index (χ0v) is 14.3. The topological polar surface area (TPSA) is 18.5 Å². The van der Waals surface area contributed by atoms with Crippen LogP contribution in [-0.2, 0) is 9.47 Å². The third-order valence-corrected chi connectivity index (χ3v) is 5.54. The molecule has 0 saturated carbocycles. The average Bonchev–Trinajstić information content (AvgIpc) is 2.45. The first-order valence-electron chi connectivity index (χ1n) is 6.48. The molecule has 0 bridgehead atoms. The molecule has 1 aromatic rings. The van der Waals surface area contributed by atoms with E-state index in [-0.39, 0.29) is 6.29 Å². The van der Waals surface area contributed by atoms with E-state index in [1.165, 1.54) is 9.37 Å². The van der Waals surface area contributed by atoms with E-state index in [1.54, 1.807) is 11.8 Å². The second-order valence-electron chi connectivity index (χ2n) is 3.76. The Morgan fingerprint density at radius 2 is 1.84 bits per heavy atom. The molecule has 0 saturated heterocycles. The fraction of sp³-hybridized carbons (Fsp3) is 0.467. The Morgan fingerprint density at radius 3 is 2.37 bits per heavy atom. The quantitative estimate of drug-likeness (QED) is 0.506. The molecule has 1 rings (SSSR count). The summed E-state index contributed by atoms with van der Waals surface area (Å²) in [6, 6.07) is 10.6. The van der Waals surface area contributed by atoms with Gasteiger partial charge in [0.2, 0.25) is 0 Å². The molecule has 0 radical (unpaired) electrons. The molecule has 0 aliphatic heterocycles. The van der Waals surface area contributed by atoms with Crippen LogP contribution in [0.4, 0.5) is 0 Å². The summed E-state index contributed by atoms with van der Waals surface area (Å²) < 4.78 is 12.6. The van der Waals surface area contributed by atoms with Crippen LogP contribution >= 0.6 is 11.8 Å². The fourth-order valence-electron chi connectivity index (χ4n) is 1.51. The Hall–Kier alpha value is -0.251. The molecule has 1 aromatic carbocycles. The predicted molar refractivity (Wildman–Crippen MR) is 85.1 cm³/mol. The minimum absolute atomic E-state index is 0.111. The van der Waals surface area contributed by atoms with Crippen molar-refractivity contribution >= 4 is 31.2 Å². The molecule has 0 aliphatic rings. The van der Waals surface area contributed by atoms with E-state index in [4.69, 9.17) is 9.47 Å². The SMILES string of the molecule is CCOC(C/C(=C/[Se]c1ccccc1)SC)OCC. The van der Waals surface area contributed by atoms with Crippen molar-refractivity contribution in [1.29, 1.82) is 0 Å². The first-order chi connectivity index (χ1) is 9.30. The van der Waals surface area contributed by atoms with E-state index >= 15 is 0 Å². The molecular formula is C15H22O2SSe. The number of rotatable bonds is 9. The van der Waals surface area contributed by atoms with Gasteiger partial charge in [-0.1, -0.05) is 0 Å². The van der Waals surface area contributed by atoms with Gasteiger partial charge in [-0.25, -0.2) is 0 Å². The van der Waals surface area contributed by atoms with Crippen molar-refractivity contribution in [3.63, 3.8) is 0 Å². The molecule has 106 valence electrons. The van der Waals surface area contributed by atoms with Gasteiger partial charge in [0.15, 0.2) is 0 Å². The van der Waals surface area contributed by atoms with E-state index in [0.717, 1.165) is 6.42 Å². The summed E-state index contributed by atoms with van der Waals surface area (Å²) in [6.07, 6.45) is 2.85. The molecule has 0 unspecified atom stereocenters. The van der Waals surface area contributed by atoms with Gasteiger partial charge in [-0.3, -0.25) is 0 Å². The van der Waals surface area contributed by atoms with Crippen LogP contribution in [0.1, 0.15) is 20.3 Å². The van der Waals surface area contributed by atoms with Crippen LogP contribution in [0.25, 0.3) is 0 Å². The van der Waals surface area contributed by atoms with Gasteiger partial charge in [-0.2, -0.15) is 0 Å². The fourth-order valence-corrected chi connectivity index (χ4v) is 4.19.